The van der Waals surface area contributed by atoms with Crippen molar-refractivity contribution in [1.29, 1.82) is 0 Å². The summed E-state index contributed by atoms with van der Waals surface area (Å²) in [5.74, 6) is 0. The van der Waals surface area contributed by atoms with E-state index in [0.717, 1.165) is 0 Å². The van der Waals surface area contributed by atoms with E-state index >= 15 is 0 Å². The molecular weight excluding hydrogens is 290 g/mol. The highest BCUT2D eigenvalue weighted by atomic mass is 14.9. The Bertz CT molecular complexity index is 927. The maximum atomic E-state index is 2.40. The summed E-state index contributed by atoms with van der Waals surface area (Å²) >= 11 is 0. The Labute approximate surface area is 146 Å². The van der Waals surface area contributed by atoms with E-state index in [1.54, 1.807) is 0 Å². The van der Waals surface area contributed by atoms with Crippen molar-refractivity contribution in [1.82, 2.24) is 0 Å². The van der Waals surface area contributed by atoms with Crippen LogP contribution in [0.3, 0.4) is 0 Å². The monoisotopic (exact) mass is 318 g/mol. The average molecular weight is 318 g/mol. The van der Waals surface area contributed by atoms with E-state index in [-0.39, 0.29) is 5.41 Å². The standard InChI is InChI=1S/C23H28N/c1-15-8-10-18-17(3)19(22-11-9-16(2)14-24(22)7)13-21(20(18)12-15)23(4,5)6/h8-14H,1-7H3/q+1. The lowest BCUT2D eigenvalue weighted by atomic mass is 9.80. The smallest absolute Gasteiger partial charge is 0.201 e. The van der Waals surface area contributed by atoms with E-state index < -0.39 is 0 Å². The number of hydrogen-bond acceptors (Lipinski definition) is 0. The van der Waals surface area contributed by atoms with E-state index in [2.05, 4.69) is 95.8 Å². The first-order chi connectivity index (χ1) is 11.2. The molecule has 2 aromatic carbocycles. The third-order valence-electron chi connectivity index (χ3n) is 4.93. The molecule has 24 heavy (non-hydrogen) atoms. The lowest BCUT2D eigenvalue weighted by molar-refractivity contribution is -0.660. The normalized spacial score (nSPS) is 12.0. The number of hydrogen-bond donors (Lipinski definition) is 0. The molecule has 0 amide bonds. The molecule has 0 saturated heterocycles. The zero-order valence-electron chi connectivity index (χ0n) is 16.0. The van der Waals surface area contributed by atoms with E-state index in [9.17, 15) is 0 Å². The van der Waals surface area contributed by atoms with Crippen LogP contribution >= 0.6 is 0 Å². The molecule has 1 aromatic heterocycles. The van der Waals surface area contributed by atoms with Gasteiger partial charge in [-0.05, 0) is 60.2 Å². The largest absolute Gasteiger partial charge is 0.212 e. The summed E-state index contributed by atoms with van der Waals surface area (Å²) in [5.41, 5.74) is 8.09. The van der Waals surface area contributed by atoms with Crippen LogP contribution in [0.5, 0.6) is 0 Å². The highest BCUT2D eigenvalue weighted by molar-refractivity contribution is 5.94. The van der Waals surface area contributed by atoms with Gasteiger partial charge in [0.05, 0.1) is 0 Å². The first-order valence-corrected chi connectivity index (χ1v) is 8.69. The van der Waals surface area contributed by atoms with Crippen LogP contribution in [0.2, 0.25) is 0 Å². The van der Waals surface area contributed by atoms with Gasteiger partial charge in [0.2, 0.25) is 5.69 Å². The number of benzene rings is 2. The first kappa shape index (κ1) is 16.7. The molecule has 0 aliphatic rings. The quantitative estimate of drug-likeness (QED) is 0.518. The van der Waals surface area contributed by atoms with Gasteiger partial charge in [-0.25, -0.2) is 4.57 Å². The molecule has 1 heterocycles. The van der Waals surface area contributed by atoms with E-state index in [1.807, 2.05) is 0 Å². The zero-order chi connectivity index (χ0) is 17.6. The Kier molecular flexibility index (Phi) is 3.99. The lowest BCUT2D eigenvalue weighted by Gasteiger charge is -2.24. The molecule has 1 nitrogen and oxygen atoms in total. The van der Waals surface area contributed by atoms with Crippen LogP contribution < -0.4 is 4.57 Å². The number of rotatable bonds is 1. The number of fused-ring (bicyclic) bond motifs is 1. The average Bonchev–Trinajstić information content (AvgIpc) is 2.47. The second-order valence-corrected chi connectivity index (χ2v) is 8.10. The van der Waals surface area contributed by atoms with Gasteiger partial charge in [0, 0.05) is 17.2 Å². The topological polar surface area (TPSA) is 3.88 Å². The predicted octanol–water partition coefficient (Wildman–Crippen LogP) is 5.55. The van der Waals surface area contributed by atoms with E-state index in [0.29, 0.717) is 0 Å². The molecule has 0 radical (unpaired) electrons. The molecule has 0 saturated carbocycles. The number of nitrogens with zero attached hydrogens (tertiary/aromatic N) is 1. The van der Waals surface area contributed by atoms with Crippen LogP contribution in [0, 0.1) is 20.8 Å². The highest BCUT2D eigenvalue weighted by Crippen LogP contribution is 2.37. The van der Waals surface area contributed by atoms with Crippen molar-refractivity contribution >= 4 is 10.8 Å². The minimum atomic E-state index is 0.109. The SMILES string of the molecule is Cc1ccc2c(C)c(-c3ccc(C)c[n+]3C)cc(C(C)(C)C)c2c1. The fraction of sp³-hybridized carbons (Fsp3) is 0.348. The van der Waals surface area contributed by atoms with E-state index in [1.165, 1.54) is 44.3 Å². The van der Waals surface area contributed by atoms with Gasteiger partial charge in [-0.2, -0.15) is 0 Å². The summed E-state index contributed by atoms with van der Waals surface area (Å²) < 4.78 is 2.24. The Morgan fingerprint density at radius 2 is 1.46 bits per heavy atom. The molecule has 1 heteroatoms. The molecular formula is C23H28N+. The molecule has 3 aromatic rings. The van der Waals surface area contributed by atoms with Gasteiger partial charge < -0.3 is 0 Å². The lowest BCUT2D eigenvalue weighted by Crippen LogP contribution is -2.31. The van der Waals surface area contributed by atoms with Gasteiger partial charge in [0.1, 0.15) is 7.05 Å². The fourth-order valence-corrected chi connectivity index (χ4v) is 3.60. The molecule has 124 valence electrons. The van der Waals surface area contributed by atoms with Crippen LogP contribution in [-0.4, -0.2) is 0 Å². The fourth-order valence-electron chi connectivity index (χ4n) is 3.60. The maximum Gasteiger partial charge on any atom is 0.212 e. The number of aromatic nitrogens is 1. The van der Waals surface area contributed by atoms with Crippen molar-refractivity contribution in [3.8, 4) is 11.3 Å². The minimum absolute atomic E-state index is 0.109. The van der Waals surface area contributed by atoms with Crippen molar-refractivity contribution in [2.45, 2.75) is 47.0 Å². The summed E-state index contributed by atoms with van der Waals surface area (Å²) in [5, 5.41) is 2.75. The highest BCUT2D eigenvalue weighted by Gasteiger charge is 2.22. The van der Waals surface area contributed by atoms with Crippen molar-refractivity contribution < 1.29 is 4.57 Å². The van der Waals surface area contributed by atoms with Gasteiger partial charge in [-0.3, -0.25) is 0 Å². The summed E-state index contributed by atoms with van der Waals surface area (Å²) in [6.07, 6.45) is 2.20. The van der Waals surface area contributed by atoms with E-state index in [4.69, 9.17) is 0 Å². The minimum Gasteiger partial charge on any atom is -0.201 e. The van der Waals surface area contributed by atoms with Gasteiger partial charge in [0.25, 0.3) is 0 Å². The van der Waals surface area contributed by atoms with Gasteiger partial charge in [0.15, 0.2) is 6.20 Å². The van der Waals surface area contributed by atoms with Crippen LogP contribution in [0.1, 0.15) is 43.0 Å². The molecule has 0 spiro atoms. The Morgan fingerprint density at radius 3 is 2.08 bits per heavy atom. The van der Waals surface area contributed by atoms with Crippen molar-refractivity contribution in [3.05, 3.63) is 64.8 Å². The van der Waals surface area contributed by atoms with Crippen LogP contribution in [0.25, 0.3) is 22.0 Å². The van der Waals surface area contributed by atoms with Gasteiger partial charge in [-0.15, -0.1) is 0 Å². The van der Waals surface area contributed by atoms with Crippen molar-refractivity contribution in [2.75, 3.05) is 0 Å². The predicted molar refractivity (Wildman–Crippen MR) is 103 cm³/mol. The summed E-state index contributed by atoms with van der Waals surface area (Å²) in [4.78, 5) is 0. The molecule has 0 aliphatic carbocycles. The third-order valence-corrected chi connectivity index (χ3v) is 4.93. The molecule has 0 unspecified atom stereocenters. The summed E-state index contributed by atoms with van der Waals surface area (Å²) in [7, 11) is 2.14. The van der Waals surface area contributed by atoms with Gasteiger partial charge in [-0.1, -0.05) is 44.5 Å². The van der Waals surface area contributed by atoms with Gasteiger partial charge >= 0.3 is 0 Å². The maximum absolute atomic E-state index is 2.40. The zero-order valence-corrected chi connectivity index (χ0v) is 16.0. The number of pyridine rings is 1. The van der Waals surface area contributed by atoms with Crippen LogP contribution in [0.4, 0.5) is 0 Å². The molecule has 0 N–H and O–H groups in total. The molecule has 0 bridgehead atoms. The van der Waals surface area contributed by atoms with Crippen molar-refractivity contribution in [2.24, 2.45) is 7.05 Å². The Morgan fingerprint density at radius 1 is 0.792 bits per heavy atom. The first-order valence-electron chi connectivity index (χ1n) is 8.69. The Balaban J connectivity index is 2.42. The molecule has 0 atom stereocenters. The van der Waals surface area contributed by atoms with Crippen molar-refractivity contribution in [3.63, 3.8) is 0 Å². The molecule has 0 aliphatic heterocycles. The summed E-state index contributed by atoms with van der Waals surface area (Å²) in [6.45, 7) is 13.5. The number of aryl methyl sites for hydroxylation is 4. The second kappa shape index (κ2) is 5.73. The summed E-state index contributed by atoms with van der Waals surface area (Å²) in [6, 6.07) is 13.7. The third kappa shape index (κ3) is 2.84. The second-order valence-electron chi connectivity index (χ2n) is 8.10. The molecule has 0 fully saturated rings. The van der Waals surface area contributed by atoms with Crippen LogP contribution in [-0.2, 0) is 12.5 Å². The molecule has 3 rings (SSSR count). The Hall–Kier alpha value is -2.15. The van der Waals surface area contributed by atoms with Crippen LogP contribution in [0.15, 0.2) is 42.6 Å².